The molecule has 1 aromatic heterocycles. The molecule has 0 unspecified atom stereocenters. The number of ketones is 1. The second kappa shape index (κ2) is 11.1. The third-order valence-corrected chi connectivity index (χ3v) is 5.59. The Morgan fingerprint density at radius 2 is 1.57 bits per heavy atom. The van der Waals surface area contributed by atoms with Crippen LogP contribution in [0, 0.1) is 24.0 Å². The Morgan fingerprint density at radius 1 is 0.973 bits per heavy atom. The lowest BCUT2D eigenvalue weighted by Gasteiger charge is -2.15. The second-order valence-corrected chi connectivity index (χ2v) is 7.89. The lowest BCUT2D eigenvalue weighted by Crippen LogP contribution is -2.25. The molecule has 12 heteroatoms. The van der Waals surface area contributed by atoms with Gasteiger partial charge in [-0.2, -0.15) is 8.78 Å². The summed E-state index contributed by atoms with van der Waals surface area (Å²) < 4.78 is 46.4. The molecule has 0 fully saturated rings. The van der Waals surface area contributed by atoms with Crippen LogP contribution in [0.15, 0.2) is 42.5 Å². The minimum Gasteiger partial charge on any atom is -0.493 e. The van der Waals surface area contributed by atoms with Crippen molar-refractivity contribution in [3.05, 3.63) is 75.1 Å². The molecule has 0 aliphatic carbocycles. The minimum absolute atomic E-state index is 0.0118. The number of carbonyl (C=O) groups is 2. The molecule has 0 saturated carbocycles. The number of aromatic nitrogens is 1. The van der Waals surface area contributed by atoms with Gasteiger partial charge in [0.2, 0.25) is 5.78 Å². The van der Waals surface area contributed by atoms with Crippen molar-refractivity contribution in [2.75, 3.05) is 14.2 Å². The molecular weight excluding hydrogens is 494 g/mol. The summed E-state index contributed by atoms with van der Waals surface area (Å²) in [5.41, 5.74) is 1.06. The third-order valence-electron chi connectivity index (χ3n) is 5.59. The molecule has 37 heavy (non-hydrogen) atoms. The number of Topliss-reactive ketones (excluding diaryl/α,β-unsaturated/α-hetero) is 1. The van der Waals surface area contributed by atoms with Crippen molar-refractivity contribution >= 4 is 17.4 Å². The topological polar surface area (TPSA) is 119 Å². The first-order valence-electron chi connectivity index (χ1n) is 10.9. The molecule has 0 spiro atoms. The van der Waals surface area contributed by atoms with Gasteiger partial charge in [-0.15, -0.1) is 0 Å². The molecule has 2 aromatic carbocycles. The highest BCUT2D eigenvalue weighted by atomic mass is 19.3. The van der Waals surface area contributed by atoms with Gasteiger partial charge in [-0.05, 0) is 51.1 Å². The number of hydrogen-bond donors (Lipinski definition) is 0. The predicted octanol–water partition coefficient (Wildman–Crippen LogP) is 5.05. The van der Waals surface area contributed by atoms with Gasteiger partial charge in [-0.3, -0.25) is 14.9 Å². The molecule has 0 radical (unpaired) electrons. The van der Waals surface area contributed by atoms with Crippen LogP contribution in [0.4, 0.5) is 14.5 Å². The molecule has 3 rings (SSSR count). The second-order valence-electron chi connectivity index (χ2n) is 7.89. The first-order valence-corrected chi connectivity index (χ1v) is 10.9. The van der Waals surface area contributed by atoms with Crippen LogP contribution in [-0.2, 0) is 4.74 Å². The van der Waals surface area contributed by atoms with Crippen molar-refractivity contribution in [2.24, 2.45) is 0 Å². The third kappa shape index (κ3) is 5.68. The average Bonchev–Trinajstić information content (AvgIpc) is 3.16. The van der Waals surface area contributed by atoms with Crippen LogP contribution < -0.4 is 14.2 Å². The van der Waals surface area contributed by atoms with Crippen LogP contribution in [-0.4, -0.2) is 48.2 Å². The molecule has 0 bridgehead atoms. The predicted molar refractivity (Wildman–Crippen MR) is 127 cm³/mol. The number of aryl methyl sites for hydroxylation is 1. The van der Waals surface area contributed by atoms with Crippen molar-refractivity contribution in [1.29, 1.82) is 0 Å². The van der Waals surface area contributed by atoms with Crippen LogP contribution in [0.1, 0.15) is 39.0 Å². The number of hydrogen-bond acceptors (Lipinski definition) is 8. The number of methoxy groups -OCH3 is 2. The molecule has 3 aromatic rings. The van der Waals surface area contributed by atoms with Gasteiger partial charge < -0.3 is 23.5 Å². The van der Waals surface area contributed by atoms with E-state index in [4.69, 9.17) is 14.2 Å². The van der Waals surface area contributed by atoms with E-state index in [9.17, 15) is 28.5 Å². The number of halogens is 2. The molecule has 10 nitrogen and oxygen atoms in total. The van der Waals surface area contributed by atoms with Crippen molar-refractivity contribution in [2.45, 2.75) is 33.5 Å². The molecule has 0 aliphatic heterocycles. The van der Waals surface area contributed by atoms with Gasteiger partial charge >= 0.3 is 12.6 Å². The van der Waals surface area contributed by atoms with Crippen molar-refractivity contribution in [3.63, 3.8) is 0 Å². The first-order chi connectivity index (χ1) is 17.5. The van der Waals surface area contributed by atoms with Gasteiger partial charge in [0.1, 0.15) is 11.3 Å². The van der Waals surface area contributed by atoms with Crippen LogP contribution in [0.3, 0.4) is 0 Å². The van der Waals surface area contributed by atoms with Gasteiger partial charge in [-0.25, -0.2) is 4.79 Å². The first kappa shape index (κ1) is 27.1. The summed E-state index contributed by atoms with van der Waals surface area (Å²) in [6.45, 7) is 1.83. The zero-order chi connectivity index (χ0) is 27.4. The lowest BCUT2D eigenvalue weighted by atomic mass is 10.1. The summed E-state index contributed by atoms with van der Waals surface area (Å²) in [6.07, 6.45) is -1.28. The Morgan fingerprint density at radius 3 is 2.11 bits per heavy atom. The van der Waals surface area contributed by atoms with Crippen LogP contribution in [0.5, 0.6) is 17.2 Å². The maximum Gasteiger partial charge on any atom is 0.387 e. The fourth-order valence-electron chi connectivity index (χ4n) is 3.87. The lowest BCUT2D eigenvalue weighted by molar-refractivity contribution is -0.385. The Balaban J connectivity index is 1.86. The fourth-order valence-corrected chi connectivity index (χ4v) is 3.87. The monoisotopic (exact) mass is 518 g/mol. The summed E-state index contributed by atoms with van der Waals surface area (Å²) in [5, 5.41) is 11.5. The highest BCUT2D eigenvalue weighted by Crippen LogP contribution is 2.35. The SMILES string of the molecule is COc1cc(C(=O)O[C@H](C)C(=O)c2cc(C)n(-c3ccc(OC(F)F)cc3)c2C)c([N+](=O)[O-])cc1OC. The Labute approximate surface area is 210 Å². The summed E-state index contributed by atoms with van der Waals surface area (Å²) in [5.74, 6) is -1.50. The zero-order valence-electron chi connectivity index (χ0n) is 20.6. The van der Waals surface area contributed by atoms with Gasteiger partial charge in [0.25, 0.3) is 5.69 Å². The quantitative estimate of drug-likeness (QED) is 0.158. The normalized spacial score (nSPS) is 11.7. The summed E-state index contributed by atoms with van der Waals surface area (Å²) >= 11 is 0. The van der Waals surface area contributed by atoms with E-state index in [1.807, 2.05) is 0 Å². The van der Waals surface area contributed by atoms with Gasteiger partial charge in [0, 0.05) is 28.7 Å². The minimum atomic E-state index is -2.95. The van der Waals surface area contributed by atoms with Crippen LogP contribution in [0.25, 0.3) is 5.69 Å². The largest absolute Gasteiger partial charge is 0.493 e. The number of carbonyl (C=O) groups excluding carboxylic acids is 2. The maximum atomic E-state index is 13.2. The molecule has 0 saturated heterocycles. The average molecular weight is 518 g/mol. The highest BCUT2D eigenvalue weighted by molar-refractivity contribution is 6.03. The van der Waals surface area contributed by atoms with Crippen molar-refractivity contribution in [1.82, 2.24) is 4.57 Å². The van der Waals surface area contributed by atoms with Crippen LogP contribution in [0.2, 0.25) is 0 Å². The van der Waals surface area contributed by atoms with E-state index in [0.717, 1.165) is 12.1 Å². The van der Waals surface area contributed by atoms with Gasteiger partial charge in [-0.1, -0.05) is 0 Å². The number of alkyl halides is 2. The van der Waals surface area contributed by atoms with E-state index in [-0.39, 0.29) is 22.8 Å². The van der Waals surface area contributed by atoms with E-state index in [1.165, 1.54) is 33.3 Å². The molecule has 0 amide bonds. The maximum absolute atomic E-state index is 13.2. The molecule has 1 atom stereocenters. The van der Waals surface area contributed by atoms with Crippen LogP contribution >= 0.6 is 0 Å². The number of nitrogens with zero attached hydrogens (tertiary/aromatic N) is 2. The van der Waals surface area contributed by atoms with E-state index >= 15 is 0 Å². The zero-order valence-corrected chi connectivity index (χ0v) is 20.6. The Hall–Kier alpha value is -4.48. The molecule has 196 valence electrons. The number of nitro benzene ring substituents is 1. The Kier molecular flexibility index (Phi) is 8.11. The van der Waals surface area contributed by atoms with E-state index in [2.05, 4.69) is 4.74 Å². The summed E-state index contributed by atoms with van der Waals surface area (Å²) in [4.78, 5) is 36.7. The smallest absolute Gasteiger partial charge is 0.387 e. The van der Waals surface area contributed by atoms with Crippen molar-refractivity contribution in [3.8, 4) is 22.9 Å². The van der Waals surface area contributed by atoms with Gasteiger partial charge in [0.05, 0.1) is 25.2 Å². The number of benzene rings is 2. The standard InChI is InChI=1S/C25H24F2N2O8/c1-13-10-18(14(2)28(13)16-6-8-17(9-7-16)37-25(26)27)23(30)15(3)36-24(31)19-11-21(34-4)22(35-5)12-20(19)29(32)33/h6-12,15,25H,1-5H3/t15-/m1/s1. The number of nitro groups is 1. The molecule has 1 heterocycles. The highest BCUT2D eigenvalue weighted by Gasteiger charge is 2.30. The van der Waals surface area contributed by atoms with E-state index < -0.39 is 40.6 Å². The number of esters is 1. The van der Waals surface area contributed by atoms with E-state index in [1.54, 1.807) is 36.6 Å². The fraction of sp³-hybridized carbons (Fsp3) is 0.280. The molecular formula is C25H24F2N2O8. The summed E-state index contributed by atoms with van der Waals surface area (Å²) in [6, 6.07) is 9.63. The number of ether oxygens (including phenoxy) is 4. The van der Waals surface area contributed by atoms with Gasteiger partial charge in [0.15, 0.2) is 17.6 Å². The summed E-state index contributed by atoms with van der Waals surface area (Å²) in [7, 11) is 2.60. The molecule has 0 aliphatic rings. The molecule has 0 N–H and O–H groups in total. The van der Waals surface area contributed by atoms with Crippen molar-refractivity contribution < 1.29 is 42.2 Å². The Bertz CT molecular complexity index is 1340. The van der Waals surface area contributed by atoms with E-state index in [0.29, 0.717) is 17.1 Å². The number of rotatable bonds is 10.